The Labute approximate surface area is 132 Å². The molecule has 1 aromatic heterocycles. The Kier molecular flexibility index (Phi) is 4.46. The molecule has 2 rings (SSSR count). The van der Waals surface area contributed by atoms with Crippen LogP contribution in [0, 0.1) is 30.1 Å². The largest absolute Gasteiger partial charge is 0.481 e. The quantitative estimate of drug-likeness (QED) is 0.851. The van der Waals surface area contributed by atoms with Crippen LogP contribution in [0.3, 0.4) is 0 Å². The van der Waals surface area contributed by atoms with E-state index in [-0.39, 0.29) is 10.6 Å². The molecule has 1 aliphatic heterocycles. The van der Waals surface area contributed by atoms with Gasteiger partial charge in [0.15, 0.2) is 0 Å². The fourth-order valence-corrected chi connectivity index (χ4v) is 3.05. The number of nitrogens with zero attached hydrogens (tertiary/aromatic N) is 3. The van der Waals surface area contributed by atoms with E-state index >= 15 is 0 Å². The minimum absolute atomic E-state index is 0.123. The highest BCUT2D eigenvalue weighted by Crippen LogP contribution is 2.38. The molecule has 2 heterocycles. The Morgan fingerprint density at radius 2 is 2.13 bits per heavy atom. The molecule has 1 fully saturated rings. The van der Waals surface area contributed by atoms with Crippen molar-refractivity contribution in [3.05, 3.63) is 11.3 Å². The lowest BCUT2D eigenvalue weighted by molar-refractivity contribution is -0.187. The van der Waals surface area contributed by atoms with Crippen molar-refractivity contribution in [2.24, 2.45) is 11.8 Å². The number of hydrogen-bond acceptors (Lipinski definition) is 5. The van der Waals surface area contributed by atoms with Gasteiger partial charge in [0.1, 0.15) is 16.6 Å². The van der Waals surface area contributed by atoms with Crippen LogP contribution in [0.15, 0.2) is 0 Å². The maximum absolute atomic E-state index is 12.9. The molecular formula is C12H11F3N4O3S. The number of amides is 2. The van der Waals surface area contributed by atoms with E-state index in [0.29, 0.717) is 5.69 Å². The molecule has 2 N–H and O–H groups in total. The maximum atomic E-state index is 12.9. The number of carboxylic acids is 1. The normalized spacial score (nSPS) is 21.1. The van der Waals surface area contributed by atoms with Gasteiger partial charge in [-0.1, -0.05) is 0 Å². The van der Waals surface area contributed by atoms with Gasteiger partial charge in [-0.2, -0.15) is 22.8 Å². The Bertz CT molecular complexity index is 682. The molecule has 7 nitrogen and oxygen atoms in total. The summed E-state index contributed by atoms with van der Waals surface area (Å²) in [5.74, 6) is -5.43. The van der Waals surface area contributed by atoms with Crippen LogP contribution in [0.5, 0.6) is 0 Å². The molecule has 2 amide bonds. The number of rotatable bonds is 2. The molecule has 0 bridgehead atoms. The van der Waals surface area contributed by atoms with Crippen LogP contribution < -0.4 is 5.32 Å². The van der Waals surface area contributed by atoms with Gasteiger partial charge >= 0.3 is 18.2 Å². The lowest BCUT2D eigenvalue weighted by Gasteiger charge is -2.18. The third-order valence-corrected chi connectivity index (χ3v) is 4.39. The van der Waals surface area contributed by atoms with Crippen molar-refractivity contribution in [2.75, 3.05) is 18.4 Å². The summed E-state index contributed by atoms with van der Waals surface area (Å²) in [6, 6.07) is 0.954. The summed E-state index contributed by atoms with van der Waals surface area (Å²) in [5, 5.41) is 20.3. The van der Waals surface area contributed by atoms with Crippen molar-refractivity contribution in [2.45, 2.75) is 13.1 Å². The molecule has 0 aliphatic carbocycles. The summed E-state index contributed by atoms with van der Waals surface area (Å²) in [4.78, 5) is 23.8. The van der Waals surface area contributed by atoms with Crippen molar-refractivity contribution < 1.29 is 27.9 Å². The van der Waals surface area contributed by atoms with Gasteiger partial charge in [0.2, 0.25) is 0 Å². The Balaban J connectivity index is 2.15. The highest BCUT2D eigenvalue weighted by atomic mass is 32.1. The second-order valence-corrected chi connectivity index (χ2v) is 5.79. The third-order valence-electron chi connectivity index (χ3n) is 3.54. The zero-order valence-corrected chi connectivity index (χ0v) is 12.5. The van der Waals surface area contributed by atoms with Gasteiger partial charge in [-0.05, 0) is 18.5 Å². The molecule has 11 heteroatoms. The van der Waals surface area contributed by atoms with Crippen molar-refractivity contribution in [1.82, 2.24) is 9.27 Å². The number of alkyl halides is 3. The van der Waals surface area contributed by atoms with Crippen molar-refractivity contribution in [1.29, 1.82) is 5.26 Å². The van der Waals surface area contributed by atoms with Gasteiger partial charge in [0.05, 0.1) is 17.5 Å². The topological polar surface area (TPSA) is 106 Å². The molecule has 2 atom stereocenters. The zero-order chi connectivity index (χ0) is 17.4. The van der Waals surface area contributed by atoms with E-state index in [1.807, 2.05) is 6.07 Å². The molecule has 124 valence electrons. The number of carbonyl (C=O) groups is 2. The first-order chi connectivity index (χ1) is 10.6. The molecule has 0 saturated carbocycles. The standard InChI is InChI=1S/C12H11F3N4O3S/c1-5-6(2-16)9(23-18-5)17-11(22)19-3-7(10(20)21)8(4-19)12(13,14)15/h7-8H,3-4H2,1H3,(H,17,22)(H,20,21)/t7-,8-/m1/s1. The summed E-state index contributed by atoms with van der Waals surface area (Å²) in [5.41, 5.74) is 0.524. The molecule has 0 aromatic carbocycles. The Morgan fingerprint density at radius 3 is 2.61 bits per heavy atom. The van der Waals surface area contributed by atoms with Gasteiger partial charge in [-0.15, -0.1) is 0 Å². The fraction of sp³-hybridized carbons (Fsp3) is 0.500. The number of aryl methyl sites for hydroxylation is 1. The van der Waals surface area contributed by atoms with Gasteiger partial charge in [0, 0.05) is 13.1 Å². The van der Waals surface area contributed by atoms with Crippen LogP contribution in [0.1, 0.15) is 11.3 Å². The van der Waals surface area contributed by atoms with Crippen LogP contribution in [-0.2, 0) is 4.79 Å². The smallest absolute Gasteiger partial charge is 0.394 e. The van der Waals surface area contributed by atoms with E-state index < -0.39 is 43.1 Å². The number of likely N-dealkylation sites (tertiary alicyclic amines) is 1. The molecule has 1 saturated heterocycles. The number of carbonyl (C=O) groups excluding carboxylic acids is 1. The number of anilines is 1. The zero-order valence-electron chi connectivity index (χ0n) is 11.7. The average molecular weight is 348 g/mol. The number of nitriles is 1. The van der Waals surface area contributed by atoms with E-state index in [4.69, 9.17) is 10.4 Å². The lowest BCUT2D eigenvalue weighted by Crippen LogP contribution is -2.35. The third kappa shape index (κ3) is 3.37. The predicted octanol–water partition coefficient (Wildman–Crippen LogP) is 2.05. The highest BCUT2D eigenvalue weighted by molar-refractivity contribution is 7.10. The van der Waals surface area contributed by atoms with Gasteiger partial charge in [-0.25, -0.2) is 4.79 Å². The number of nitrogens with one attached hydrogen (secondary N) is 1. The lowest BCUT2D eigenvalue weighted by atomic mass is 9.96. The maximum Gasteiger partial charge on any atom is 0.394 e. The predicted molar refractivity (Wildman–Crippen MR) is 72.8 cm³/mol. The molecular weight excluding hydrogens is 337 g/mol. The number of aromatic nitrogens is 1. The van der Waals surface area contributed by atoms with Crippen molar-refractivity contribution in [3.8, 4) is 6.07 Å². The molecule has 23 heavy (non-hydrogen) atoms. The first kappa shape index (κ1) is 17.0. The van der Waals surface area contributed by atoms with Crippen LogP contribution in [0.2, 0.25) is 0 Å². The van der Waals surface area contributed by atoms with Gasteiger partial charge in [-0.3, -0.25) is 10.1 Å². The second-order valence-electron chi connectivity index (χ2n) is 5.01. The van der Waals surface area contributed by atoms with E-state index in [1.165, 1.54) is 0 Å². The highest BCUT2D eigenvalue weighted by Gasteiger charge is 2.53. The average Bonchev–Trinajstić information content (AvgIpc) is 3.02. The van der Waals surface area contributed by atoms with E-state index in [0.717, 1.165) is 16.4 Å². The fourth-order valence-electron chi connectivity index (χ4n) is 2.31. The van der Waals surface area contributed by atoms with Crippen LogP contribution in [0.25, 0.3) is 0 Å². The summed E-state index contributed by atoms with van der Waals surface area (Å²) in [6.07, 6.45) is -4.71. The monoisotopic (exact) mass is 348 g/mol. The van der Waals surface area contributed by atoms with Crippen LogP contribution in [-0.4, -0.2) is 45.6 Å². The molecule has 1 aromatic rings. The molecule has 0 unspecified atom stereocenters. The summed E-state index contributed by atoms with van der Waals surface area (Å²) >= 11 is 0.832. The number of carboxylic acid groups (broad SMARTS) is 1. The minimum Gasteiger partial charge on any atom is -0.481 e. The van der Waals surface area contributed by atoms with Gasteiger partial charge < -0.3 is 10.0 Å². The van der Waals surface area contributed by atoms with E-state index in [2.05, 4.69) is 9.69 Å². The first-order valence-electron chi connectivity index (χ1n) is 6.37. The Hall–Kier alpha value is -2.35. The van der Waals surface area contributed by atoms with Crippen LogP contribution in [0.4, 0.5) is 23.0 Å². The number of halogens is 3. The van der Waals surface area contributed by atoms with Crippen LogP contribution >= 0.6 is 11.5 Å². The molecule has 0 radical (unpaired) electrons. The number of hydrogen-bond donors (Lipinski definition) is 2. The second kappa shape index (κ2) is 6.04. The SMILES string of the molecule is Cc1nsc(NC(=O)N2C[C@@H](C(F)(F)F)[C@H](C(=O)O)C2)c1C#N. The summed E-state index contributed by atoms with van der Waals surface area (Å²) < 4.78 is 42.5. The van der Waals surface area contributed by atoms with Gasteiger partial charge in [0.25, 0.3) is 0 Å². The van der Waals surface area contributed by atoms with E-state index in [1.54, 1.807) is 6.92 Å². The van der Waals surface area contributed by atoms with Crippen molar-refractivity contribution in [3.63, 3.8) is 0 Å². The minimum atomic E-state index is -4.71. The number of urea groups is 1. The Morgan fingerprint density at radius 1 is 1.48 bits per heavy atom. The molecule has 0 spiro atoms. The summed E-state index contributed by atoms with van der Waals surface area (Å²) in [7, 11) is 0. The van der Waals surface area contributed by atoms with E-state index in [9.17, 15) is 22.8 Å². The van der Waals surface area contributed by atoms with Crippen molar-refractivity contribution >= 4 is 28.5 Å². The molecule has 1 aliphatic rings. The first-order valence-corrected chi connectivity index (χ1v) is 7.14. The number of aliphatic carboxylic acids is 1. The summed E-state index contributed by atoms with van der Waals surface area (Å²) in [6.45, 7) is 0.262.